The van der Waals surface area contributed by atoms with Crippen LogP contribution in [-0.2, 0) is 13.5 Å². The zero-order chi connectivity index (χ0) is 16.1. The highest BCUT2D eigenvalue weighted by molar-refractivity contribution is 5.42. The Morgan fingerprint density at radius 2 is 1.87 bits per heavy atom. The third-order valence-electron chi connectivity index (χ3n) is 4.51. The lowest BCUT2D eigenvalue weighted by Gasteiger charge is -2.36. The monoisotopic (exact) mass is 314 g/mol. The van der Waals surface area contributed by atoms with Crippen molar-refractivity contribution in [3.63, 3.8) is 0 Å². The van der Waals surface area contributed by atoms with Gasteiger partial charge in [-0.3, -0.25) is 9.58 Å². The Hall–Kier alpha value is -1.85. The van der Waals surface area contributed by atoms with E-state index in [9.17, 15) is 5.11 Å². The molecule has 0 bridgehead atoms. The number of aliphatic hydroxyl groups is 1. The lowest BCUT2D eigenvalue weighted by molar-refractivity contribution is 0.102. The molecule has 0 radical (unpaired) electrons. The van der Waals surface area contributed by atoms with Gasteiger partial charge in [-0.05, 0) is 18.4 Å². The SMILES string of the molecule is Cn1cc(N2CCN(C[C@@H](O)CCc3ccccc3)CC2)cn1. The highest BCUT2D eigenvalue weighted by Gasteiger charge is 2.20. The molecule has 1 atom stereocenters. The Labute approximate surface area is 138 Å². The van der Waals surface area contributed by atoms with Gasteiger partial charge >= 0.3 is 0 Å². The first-order chi connectivity index (χ1) is 11.2. The summed E-state index contributed by atoms with van der Waals surface area (Å²) in [5.74, 6) is 0. The van der Waals surface area contributed by atoms with Crippen LogP contribution in [0.5, 0.6) is 0 Å². The summed E-state index contributed by atoms with van der Waals surface area (Å²) >= 11 is 0. The van der Waals surface area contributed by atoms with Crippen LogP contribution in [0.4, 0.5) is 5.69 Å². The zero-order valence-corrected chi connectivity index (χ0v) is 13.8. The van der Waals surface area contributed by atoms with E-state index in [0.29, 0.717) is 0 Å². The molecule has 0 aliphatic carbocycles. The minimum absolute atomic E-state index is 0.250. The van der Waals surface area contributed by atoms with Crippen molar-refractivity contribution < 1.29 is 5.11 Å². The van der Waals surface area contributed by atoms with Crippen LogP contribution in [0.2, 0.25) is 0 Å². The van der Waals surface area contributed by atoms with Gasteiger partial charge in [0.05, 0.1) is 18.0 Å². The third kappa shape index (κ3) is 4.56. The minimum atomic E-state index is -0.250. The molecule has 0 amide bonds. The van der Waals surface area contributed by atoms with E-state index in [1.54, 1.807) is 0 Å². The van der Waals surface area contributed by atoms with Gasteiger partial charge in [0.2, 0.25) is 0 Å². The van der Waals surface area contributed by atoms with Gasteiger partial charge in [-0.25, -0.2) is 0 Å². The predicted octanol–water partition coefficient (Wildman–Crippen LogP) is 1.54. The Morgan fingerprint density at radius 1 is 1.13 bits per heavy atom. The molecule has 5 nitrogen and oxygen atoms in total. The van der Waals surface area contributed by atoms with Crippen LogP contribution in [0.15, 0.2) is 42.7 Å². The van der Waals surface area contributed by atoms with E-state index in [4.69, 9.17) is 0 Å². The lowest BCUT2D eigenvalue weighted by atomic mass is 10.1. The van der Waals surface area contributed by atoms with Crippen LogP contribution in [0.1, 0.15) is 12.0 Å². The number of hydrogen-bond donors (Lipinski definition) is 1. The van der Waals surface area contributed by atoms with Crippen molar-refractivity contribution in [3.8, 4) is 0 Å². The fourth-order valence-electron chi connectivity index (χ4n) is 3.13. The third-order valence-corrected chi connectivity index (χ3v) is 4.51. The van der Waals surface area contributed by atoms with E-state index < -0.39 is 0 Å². The molecule has 1 aliphatic rings. The maximum atomic E-state index is 10.3. The molecule has 0 spiro atoms. The summed E-state index contributed by atoms with van der Waals surface area (Å²) in [4.78, 5) is 4.72. The topological polar surface area (TPSA) is 44.5 Å². The minimum Gasteiger partial charge on any atom is -0.392 e. The van der Waals surface area contributed by atoms with Gasteiger partial charge in [0.1, 0.15) is 0 Å². The van der Waals surface area contributed by atoms with Crippen molar-refractivity contribution in [1.82, 2.24) is 14.7 Å². The Balaban J connectivity index is 1.40. The van der Waals surface area contributed by atoms with Gasteiger partial charge in [-0.2, -0.15) is 5.10 Å². The van der Waals surface area contributed by atoms with Crippen molar-refractivity contribution in [2.45, 2.75) is 18.9 Å². The normalized spacial score (nSPS) is 17.4. The number of piperazine rings is 1. The quantitative estimate of drug-likeness (QED) is 0.878. The van der Waals surface area contributed by atoms with E-state index in [0.717, 1.165) is 45.6 Å². The van der Waals surface area contributed by atoms with Crippen LogP contribution in [-0.4, -0.2) is 58.6 Å². The largest absolute Gasteiger partial charge is 0.392 e. The fourth-order valence-corrected chi connectivity index (χ4v) is 3.13. The smallest absolute Gasteiger partial charge is 0.0753 e. The number of aromatic nitrogens is 2. The van der Waals surface area contributed by atoms with Gasteiger partial charge < -0.3 is 10.0 Å². The lowest BCUT2D eigenvalue weighted by Crippen LogP contribution is -2.48. The van der Waals surface area contributed by atoms with Crippen molar-refractivity contribution in [1.29, 1.82) is 0 Å². The zero-order valence-electron chi connectivity index (χ0n) is 13.8. The fraction of sp³-hybridized carbons (Fsp3) is 0.500. The van der Waals surface area contributed by atoms with Crippen molar-refractivity contribution in [3.05, 3.63) is 48.3 Å². The molecule has 124 valence electrons. The number of β-amino-alcohol motifs (C(OH)–C–C–N with tert-alkyl or cyclic N) is 1. The van der Waals surface area contributed by atoms with Gasteiger partial charge in [0, 0.05) is 46.0 Å². The van der Waals surface area contributed by atoms with Gasteiger partial charge in [-0.1, -0.05) is 30.3 Å². The molecule has 1 aliphatic heterocycles. The Kier molecular flexibility index (Phi) is 5.31. The number of nitrogens with zero attached hydrogens (tertiary/aromatic N) is 4. The average molecular weight is 314 g/mol. The van der Waals surface area contributed by atoms with Crippen molar-refractivity contribution in [2.75, 3.05) is 37.6 Å². The number of hydrogen-bond acceptors (Lipinski definition) is 4. The summed E-state index contributed by atoms with van der Waals surface area (Å²) in [6.45, 7) is 4.76. The number of rotatable bonds is 6. The summed E-state index contributed by atoms with van der Waals surface area (Å²) in [6, 6.07) is 10.4. The number of benzene rings is 1. The molecule has 1 N–H and O–H groups in total. The standard InChI is InChI=1S/C18H26N4O/c1-20-14-17(13-19-20)22-11-9-21(10-12-22)15-18(23)8-7-16-5-3-2-4-6-16/h2-6,13-14,18,23H,7-12,15H2,1H3/t18-/m0/s1. The first-order valence-corrected chi connectivity index (χ1v) is 8.38. The molecule has 5 heteroatoms. The second-order valence-electron chi connectivity index (χ2n) is 6.34. The maximum Gasteiger partial charge on any atom is 0.0753 e. The van der Waals surface area contributed by atoms with E-state index >= 15 is 0 Å². The van der Waals surface area contributed by atoms with Crippen LogP contribution >= 0.6 is 0 Å². The highest BCUT2D eigenvalue weighted by atomic mass is 16.3. The van der Waals surface area contributed by atoms with E-state index in [1.807, 2.05) is 24.0 Å². The molecule has 1 saturated heterocycles. The molecule has 0 saturated carbocycles. The highest BCUT2D eigenvalue weighted by Crippen LogP contribution is 2.15. The molecule has 2 aromatic rings. The number of anilines is 1. The molecule has 1 fully saturated rings. The van der Waals surface area contributed by atoms with Crippen molar-refractivity contribution in [2.24, 2.45) is 7.05 Å². The summed E-state index contributed by atoms with van der Waals surface area (Å²) < 4.78 is 1.84. The predicted molar refractivity (Wildman–Crippen MR) is 92.6 cm³/mol. The van der Waals surface area contributed by atoms with Gasteiger partial charge in [0.25, 0.3) is 0 Å². The summed E-state index contributed by atoms with van der Waals surface area (Å²) in [5, 5.41) is 14.5. The van der Waals surface area contributed by atoms with Crippen LogP contribution < -0.4 is 4.90 Å². The number of aryl methyl sites for hydroxylation is 2. The average Bonchev–Trinajstić information content (AvgIpc) is 3.01. The van der Waals surface area contributed by atoms with E-state index in [-0.39, 0.29) is 6.10 Å². The molecule has 1 aromatic heterocycles. The van der Waals surface area contributed by atoms with Crippen LogP contribution in [0.3, 0.4) is 0 Å². The molecule has 0 unspecified atom stereocenters. The second kappa shape index (κ2) is 7.62. The summed E-state index contributed by atoms with van der Waals surface area (Å²) in [6.07, 6.45) is 5.50. The Bertz CT molecular complexity index is 590. The first-order valence-electron chi connectivity index (χ1n) is 8.38. The summed E-state index contributed by atoms with van der Waals surface area (Å²) in [5.41, 5.74) is 2.49. The van der Waals surface area contributed by atoms with Crippen molar-refractivity contribution >= 4 is 5.69 Å². The van der Waals surface area contributed by atoms with Crippen LogP contribution in [0.25, 0.3) is 0 Å². The van der Waals surface area contributed by atoms with Gasteiger partial charge in [0.15, 0.2) is 0 Å². The summed E-state index contributed by atoms with van der Waals surface area (Å²) in [7, 11) is 1.95. The van der Waals surface area contributed by atoms with Gasteiger partial charge in [-0.15, -0.1) is 0 Å². The molecular formula is C18H26N4O. The first kappa shape index (κ1) is 16.0. The maximum absolute atomic E-state index is 10.3. The molecule has 23 heavy (non-hydrogen) atoms. The second-order valence-corrected chi connectivity index (χ2v) is 6.34. The number of aliphatic hydroxyl groups excluding tert-OH is 1. The molecular weight excluding hydrogens is 288 g/mol. The van der Waals surface area contributed by atoms with E-state index in [2.05, 4.69) is 45.4 Å². The molecule has 1 aromatic carbocycles. The molecule has 3 rings (SSSR count). The Morgan fingerprint density at radius 3 is 2.52 bits per heavy atom. The molecule has 2 heterocycles. The van der Waals surface area contributed by atoms with E-state index in [1.165, 1.54) is 11.3 Å². The van der Waals surface area contributed by atoms with Crippen LogP contribution in [0, 0.1) is 0 Å².